The van der Waals surface area contributed by atoms with Gasteiger partial charge in [0.15, 0.2) is 0 Å². The van der Waals surface area contributed by atoms with Crippen LogP contribution in [0.1, 0.15) is 16.8 Å². The zero-order chi connectivity index (χ0) is 16.3. The number of hydrogen-bond acceptors (Lipinski definition) is 4. The maximum absolute atomic E-state index is 12.1. The van der Waals surface area contributed by atoms with Gasteiger partial charge in [-0.15, -0.1) is 0 Å². The van der Waals surface area contributed by atoms with E-state index >= 15 is 0 Å². The highest BCUT2D eigenvalue weighted by Gasteiger charge is 2.36. The highest BCUT2D eigenvalue weighted by Crippen LogP contribution is 2.13. The number of carbonyl (C=O) groups excluding carboxylic acids is 4. The number of amides is 4. The molecule has 1 aromatic carbocycles. The van der Waals surface area contributed by atoms with Crippen molar-refractivity contribution in [2.75, 3.05) is 12.4 Å². The topological polar surface area (TPSA) is 95.6 Å². The van der Waals surface area contributed by atoms with Crippen molar-refractivity contribution in [3.63, 3.8) is 0 Å². The van der Waals surface area contributed by atoms with Crippen molar-refractivity contribution in [3.8, 4) is 0 Å². The number of carbonyl (C=O) groups is 4. The minimum absolute atomic E-state index is 0.0332. The van der Waals surface area contributed by atoms with Crippen molar-refractivity contribution in [2.45, 2.75) is 12.5 Å². The number of benzene rings is 1. The second-order valence-electron chi connectivity index (χ2n) is 4.79. The van der Waals surface area contributed by atoms with Crippen LogP contribution >= 0.6 is 0 Å². The van der Waals surface area contributed by atoms with Gasteiger partial charge in [0.1, 0.15) is 6.04 Å². The number of nitrogens with one attached hydrogen (secondary N) is 2. The molecule has 7 heteroatoms. The van der Waals surface area contributed by atoms with E-state index in [2.05, 4.69) is 17.2 Å². The SMILES string of the molecule is C=CC(=O)Nc1ccc(C(=O)NC2CC(=O)N(C)C2=O)cc1. The molecule has 1 saturated heterocycles. The summed E-state index contributed by atoms with van der Waals surface area (Å²) in [6.45, 7) is 3.34. The first-order valence-corrected chi connectivity index (χ1v) is 6.57. The highest BCUT2D eigenvalue weighted by molar-refractivity contribution is 6.08. The Balaban J connectivity index is 2.01. The number of rotatable bonds is 4. The Labute approximate surface area is 127 Å². The fourth-order valence-electron chi connectivity index (χ4n) is 2.01. The average Bonchev–Trinajstić information content (AvgIpc) is 2.75. The Morgan fingerprint density at radius 2 is 1.91 bits per heavy atom. The van der Waals surface area contributed by atoms with Crippen molar-refractivity contribution in [2.24, 2.45) is 0 Å². The van der Waals surface area contributed by atoms with Crippen molar-refractivity contribution in [1.29, 1.82) is 0 Å². The molecule has 1 aliphatic rings. The summed E-state index contributed by atoms with van der Waals surface area (Å²) in [6.07, 6.45) is 1.11. The number of anilines is 1. The lowest BCUT2D eigenvalue weighted by molar-refractivity contribution is -0.137. The fourth-order valence-corrected chi connectivity index (χ4v) is 2.01. The Bertz CT molecular complexity index is 651. The Morgan fingerprint density at radius 3 is 2.41 bits per heavy atom. The van der Waals surface area contributed by atoms with Crippen LogP contribution in [-0.4, -0.2) is 41.6 Å². The van der Waals surface area contributed by atoms with E-state index in [1.807, 2.05) is 0 Å². The maximum atomic E-state index is 12.1. The van der Waals surface area contributed by atoms with Crippen LogP contribution in [0.3, 0.4) is 0 Å². The molecule has 2 rings (SSSR count). The molecule has 4 amide bonds. The van der Waals surface area contributed by atoms with Crippen LogP contribution in [0.25, 0.3) is 0 Å². The summed E-state index contributed by atoms with van der Waals surface area (Å²) in [6, 6.07) is 5.32. The molecule has 114 valence electrons. The summed E-state index contributed by atoms with van der Waals surface area (Å²) >= 11 is 0. The third kappa shape index (κ3) is 3.20. The van der Waals surface area contributed by atoms with Gasteiger partial charge in [0.25, 0.3) is 11.8 Å². The number of likely N-dealkylation sites (tertiary alicyclic amines) is 1. The third-order valence-electron chi connectivity index (χ3n) is 3.29. The van der Waals surface area contributed by atoms with Crippen molar-refractivity contribution >= 4 is 29.3 Å². The number of likely N-dealkylation sites (N-methyl/N-ethyl adjacent to an activating group) is 1. The Morgan fingerprint density at radius 1 is 1.27 bits per heavy atom. The number of hydrogen-bond donors (Lipinski definition) is 2. The summed E-state index contributed by atoms with van der Waals surface area (Å²) in [5.74, 6) is -1.55. The second-order valence-corrected chi connectivity index (χ2v) is 4.79. The van der Waals surface area contributed by atoms with Gasteiger partial charge in [-0.3, -0.25) is 24.1 Å². The summed E-state index contributed by atoms with van der Waals surface area (Å²) in [5, 5.41) is 5.08. The molecule has 2 N–H and O–H groups in total. The van der Waals surface area contributed by atoms with Crippen LogP contribution in [0.2, 0.25) is 0 Å². The molecule has 22 heavy (non-hydrogen) atoms. The molecular formula is C15H15N3O4. The standard InChI is InChI=1S/C15H15N3O4/c1-3-12(19)16-10-6-4-9(5-7-10)14(21)17-11-8-13(20)18(2)15(11)22/h3-7,11H,1,8H2,2H3,(H,16,19)(H,17,21). The van der Waals surface area contributed by atoms with Crippen molar-refractivity contribution in [3.05, 3.63) is 42.5 Å². The van der Waals surface area contributed by atoms with Gasteiger partial charge in [0, 0.05) is 18.3 Å². The van der Waals surface area contributed by atoms with Crippen LogP contribution in [0, 0.1) is 0 Å². The molecule has 0 aliphatic carbocycles. The largest absolute Gasteiger partial charge is 0.340 e. The van der Waals surface area contributed by atoms with Gasteiger partial charge in [0.2, 0.25) is 11.8 Å². The molecule has 1 atom stereocenters. The first-order chi connectivity index (χ1) is 10.4. The van der Waals surface area contributed by atoms with Crippen LogP contribution < -0.4 is 10.6 Å². The molecule has 7 nitrogen and oxygen atoms in total. The normalized spacial score (nSPS) is 17.3. The van der Waals surface area contributed by atoms with Gasteiger partial charge in [0.05, 0.1) is 6.42 Å². The van der Waals surface area contributed by atoms with Crippen LogP contribution in [0.5, 0.6) is 0 Å². The predicted molar refractivity (Wildman–Crippen MR) is 78.9 cm³/mol. The first-order valence-electron chi connectivity index (χ1n) is 6.57. The predicted octanol–water partition coefficient (Wildman–Crippen LogP) is 0.298. The molecule has 1 unspecified atom stereocenters. The summed E-state index contributed by atoms with van der Waals surface area (Å²) in [7, 11) is 1.38. The van der Waals surface area contributed by atoms with E-state index in [1.165, 1.54) is 19.2 Å². The average molecular weight is 301 g/mol. The fraction of sp³-hybridized carbons (Fsp3) is 0.200. The molecule has 1 aromatic rings. The lowest BCUT2D eigenvalue weighted by atomic mass is 10.1. The lowest BCUT2D eigenvalue weighted by Crippen LogP contribution is -2.40. The van der Waals surface area contributed by atoms with E-state index in [9.17, 15) is 19.2 Å². The van der Waals surface area contributed by atoms with E-state index in [0.29, 0.717) is 11.3 Å². The first kappa shape index (κ1) is 15.4. The smallest absolute Gasteiger partial charge is 0.252 e. The number of nitrogens with zero attached hydrogens (tertiary/aromatic N) is 1. The Kier molecular flexibility index (Phi) is 4.36. The molecule has 0 radical (unpaired) electrons. The van der Waals surface area contributed by atoms with Gasteiger partial charge in [-0.1, -0.05) is 6.58 Å². The van der Waals surface area contributed by atoms with Gasteiger partial charge < -0.3 is 10.6 Å². The van der Waals surface area contributed by atoms with Crippen LogP contribution in [-0.2, 0) is 14.4 Å². The number of imide groups is 1. The molecule has 1 heterocycles. The zero-order valence-corrected chi connectivity index (χ0v) is 12.0. The molecule has 0 saturated carbocycles. The second kappa shape index (κ2) is 6.21. The van der Waals surface area contributed by atoms with E-state index in [0.717, 1.165) is 11.0 Å². The molecular weight excluding hydrogens is 286 g/mol. The van der Waals surface area contributed by atoms with Gasteiger partial charge in [-0.05, 0) is 30.3 Å². The summed E-state index contributed by atoms with van der Waals surface area (Å²) in [4.78, 5) is 47.3. The van der Waals surface area contributed by atoms with Crippen LogP contribution in [0.4, 0.5) is 5.69 Å². The molecule has 0 bridgehead atoms. The van der Waals surface area contributed by atoms with Gasteiger partial charge in [-0.2, -0.15) is 0 Å². The van der Waals surface area contributed by atoms with E-state index in [1.54, 1.807) is 12.1 Å². The van der Waals surface area contributed by atoms with Crippen LogP contribution in [0.15, 0.2) is 36.9 Å². The molecule has 0 spiro atoms. The van der Waals surface area contributed by atoms with Gasteiger partial charge in [-0.25, -0.2) is 0 Å². The minimum Gasteiger partial charge on any atom is -0.340 e. The van der Waals surface area contributed by atoms with Crippen molar-refractivity contribution in [1.82, 2.24) is 10.2 Å². The third-order valence-corrected chi connectivity index (χ3v) is 3.29. The maximum Gasteiger partial charge on any atom is 0.252 e. The molecule has 0 aromatic heterocycles. The highest BCUT2D eigenvalue weighted by atomic mass is 16.2. The monoisotopic (exact) mass is 301 g/mol. The van der Waals surface area contributed by atoms with E-state index < -0.39 is 17.9 Å². The van der Waals surface area contributed by atoms with E-state index in [4.69, 9.17) is 0 Å². The lowest BCUT2D eigenvalue weighted by Gasteiger charge is -2.11. The quantitative estimate of drug-likeness (QED) is 0.617. The zero-order valence-electron chi connectivity index (χ0n) is 12.0. The summed E-state index contributed by atoms with van der Waals surface area (Å²) in [5.41, 5.74) is 0.847. The molecule has 1 fully saturated rings. The minimum atomic E-state index is -0.829. The van der Waals surface area contributed by atoms with Gasteiger partial charge >= 0.3 is 0 Å². The summed E-state index contributed by atoms with van der Waals surface area (Å²) < 4.78 is 0. The van der Waals surface area contributed by atoms with Crippen molar-refractivity contribution < 1.29 is 19.2 Å². The molecule has 1 aliphatic heterocycles. The van der Waals surface area contributed by atoms with E-state index in [-0.39, 0.29) is 18.2 Å². The Hall–Kier alpha value is -2.96.